The summed E-state index contributed by atoms with van der Waals surface area (Å²) < 4.78 is 0. The van der Waals surface area contributed by atoms with Gasteiger partial charge in [-0.1, -0.05) is 36.4 Å². The van der Waals surface area contributed by atoms with Crippen LogP contribution in [0.1, 0.15) is 17.3 Å². The van der Waals surface area contributed by atoms with Crippen LogP contribution in [0.4, 0.5) is 0 Å². The summed E-state index contributed by atoms with van der Waals surface area (Å²) in [6.07, 6.45) is 0.982. The van der Waals surface area contributed by atoms with Crippen LogP contribution in [0.25, 0.3) is 21.8 Å². The molecule has 2 aromatic carbocycles. The molecule has 0 unspecified atom stereocenters. The Balaban J connectivity index is 1.84. The molecule has 0 saturated carbocycles. The lowest BCUT2D eigenvalue weighted by molar-refractivity contribution is -0.108. The Kier molecular flexibility index (Phi) is 2.64. The molecular formula is C18H14N2O. The van der Waals surface area contributed by atoms with Gasteiger partial charge in [0.2, 0.25) is 0 Å². The second kappa shape index (κ2) is 4.63. The molecule has 0 saturated heterocycles. The van der Waals surface area contributed by atoms with Crippen LogP contribution < -0.4 is 0 Å². The molecule has 3 nitrogen and oxygen atoms in total. The van der Waals surface area contributed by atoms with E-state index in [0.29, 0.717) is 0 Å². The Hall–Kier alpha value is -2.81. The van der Waals surface area contributed by atoms with Crippen LogP contribution in [0.5, 0.6) is 0 Å². The van der Waals surface area contributed by atoms with Crippen molar-refractivity contribution < 1.29 is 4.79 Å². The molecular weight excluding hydrogens is 260 g/mol. The SMILES string of the molecule is O=CC(c1cc2ccccc2[nH]1)c1cc2ccccc2[nH]1. The van der Waals surface area contributed by atoms with Gasteiger partial charge in [-0.15, -0.1) is 0 Å². The molecule has 0 aliphatic carbocycles. The van der Waals surface area contributed by atoms with Crippen molar-refractivity contribution in [3.63, 3.8) is 0 Å². The van der Waals surface area contributed by atoms with Crippen LogP contribution in [-0.2, 0) is 4.79 Å². The van der Waals surface area contributed by atoms with Crippen LogP contribution in [0.3, 0.4) is 0 Å². The highest BCUT2D eigenvalue weighted by molar-refractivity contribution is 5.85. The molecule has 0 amide bonds. The minimum absolute atomic E-state index is 0.301. The van der Waals surface area contributed by atoms with Crippen LogP contribution in [0.15, 0.2) is 60.7 Å². The summed E-state index contributed by atoms with van der Waals surface area (Å²) in [4.78, 5) is 18.3. The van der Waals surface area contributed by atoms with Crippen molar-refractivity contribution in [2.24, 2.45) is 0 Å². The van der Waals surface area contributed by atoms with Crippen molar-refractivity contribution in [2.45, 2.75) is 5.92 Å². The highest BCUT2D eigenvalue weighted by Gasteiger charge is 2.17. The van der Waals surface area contributed by atoms with Gasteiger partial charge >= 0.3 is 0 Å². The zero-order valence-electron chi connectivity index (χ0n) is 11.3. The van der Waals surface area contributed by atoms with Gasteiger partial charge in [0.05, 0.1) is 5.92 Å². The third-order valence-corrected chi connectivity index (χ3v) is 3.91. The summed E-state index contributed by atoms with van der Waals surface area (Å²) in [7, 11) is 0. The Morgan fingerprint density at radius 1 is 0.762 bits per heavy atom. The predicted molar refractivity (Wildman–Crippen MR) is 84.5 cm³/mol. The van der Waals surface area contributed by atoms with E-state index in [2.05, 4.69) is 9.97 Å². The molecule has 102 valence electrons. The molecule has 2 aromatic heterocycles. The molecule has 2 heterocycles. The number of aldehydes is 1. The number of H-pyrrole nitrogens is 2. The Labute approximate surface area is 121 Å². The number of rotatable bonds is 3. The fraction of sp³-hybridized carbons (Fsp3) is 0.0556. The summed E-state index contributed by atoms with van der Waals surface area (Å²) in [6, 6.07) is 20.2. The Morgan fingerprint density at radius 3 is 1.67 bits per heavy atom. The van der Waals surface area contributed by atoms with E-state index in [0.717, 1.165) is 39.5 Å². The maximum Gasteiger partial charge on any atom is 0.134 e. The number of hydrogen-bond donors (Lipinski definition) is 2. The van der Waals surface area contributed by atoms with Gasteiger partial charge in [-0.2, -0.15) is 0 Å². The molecule has 0 atom stereocenters. The number of nitrogens with one attached hydrogen (secondary N) is 2. The number of benzene rings is 2. The molecule has 3 heteroatoms. The summed E-state index contributed by atoms with van der Waals surface area (Å²) in [5.74, 6) is -0.301. The van der Waals surface area contributed by atoms with Gasteiger partial charge in [-0.05, 0) is 35.0 Å². The normalized spacial score (nSPS) is 11.5. The zero-order chi connectivity index (χ0) is 14.2. The average molecular weight is 274 g/mol. The number of aromatic nitrogens is 2. The van der Waals surface area contributed by atoms with E-state index in [1.165, 1.54) is 0 Å². The van der Waals surface area contributed by atoms with Crippen molar-refractivity contribution in [1.82, 2.24) is 9.97 Å². The van der Waals surface area contributed by atoms with E-state index in [1.807, 2.05) is 60.7 Å². The predicted octanol–water partition coefficient (Wildman–Crippen LogP) is 3.98. The summed E-state index contributed by atoms with van der Waals surface area (Å²) in [5, 5.41) is 2.24. The molecule has 2 N–H and O–H groups in total. The van der Waals surface area contributed by atoms with E-state index < -0.39 is 0 Å². The van der Waals surface area contributed by atoms with Gasteiger partial charge < -0.3 is 14.8 Å². The quantitative estimate of drug-likeness (QED) is 0.545. The van der Waals surface area contributed by atoms with Crippen LogP contribution in [-0.4, -0.2) is 16.3 Å². The number of para-hydroxylation sites is 2. The molecule has 21 heavy (non-hydrogen) atoms. The average Bonchev–Trinajstić information content (AvgIpc) is 3.11. The van der Waals surface area contributed by atoms with Gasteiger partial charge in [0.25, 0.3) is 0 Å². The molecule has 0 radical (unpaired) electrons. The first-order chi connectivity index (χ1) is 10.3. The largest absolute Gasteiger partial charge is 0.357 e. The van der Waals surface area contributed by atoms with Crippen LogP contribution >= 0.6 is 0 Å². The van der Waals surface area contributed by atoms with E-state index in [4.69, 9.17) is 0 Å². The molecule has 0 aliphatic rings. The molecule has 0 fully saturated rings. The molecule has 0 aliphatic heterocycles. The highest BCUT2D eigenvalue weighted by Crippen LogP contribution is 2.27. The molecule has 4 aromatic rings. The lowest BCUT2D eigenvalue weighted by atomic mass is 10.0. The summed E-state index contributed by atoms with van der Waals surface area (Å²) >= 11 is 0. The first kappa shape index (κ1) is 12.0. The second-order valence-electron chi connectivity index (χ2n) is 5.24. The first-order valence-electron chi connectivity index (χ1n) is 6.96. The van der Waals surface area contributed by atoms with Crippen LogP contribution in [0.2, 0.25) is 0 Å². The Morgan fingerprint density at radius 2 is 1.24 bits per heavy atom. The van der Waals surface area contributed by atoms with Gasteiger partial charge in [0.15, 0.2) is 0 Å². The first-order valence-corrected chi connectivity index (χ1v) is 6.96. The van der Waals surface area contributed by atoms with E-state index in [-0.39, 0.29) is 5.92 Å². The fourth-order valence-corrected chi connectivity index (χ4v) is 2.84. The van der Waals surface area contributed by atoms with Crippen molar-refractivity contribution in [1.29, 1.82) is 0 Å². The maximum absolute atomic E-state index is 11.6. The Bertz CT molecular complexity index is 792. The summed E-state index contributed by atoms with van der Waals surface area (Å²) in [5.41, 5.74) is 3.93. The topological polar surface area (TPSA) is 48.6 Å². The lowest BCUT2D eigenvalue weighted by Crippen LogP contribution is -2.03. The monoisotopic (exact) mass is 274 g/mol. The minimum Gasteiger partial charge on any atom is -0.357 e. The van der Waals surface area contributed by atoms with E-state index >= 15 is 0 Å². The maximum atomic E-state index is 11.6. The van der Waals surface area contributed by atoms with Gasteiger partial charge in [0.1, 0.15) is 6.29 Å². The van der Waals surface area contributed by atoms with Crippen molar-refractivity contribution >= 4 is 28.1 Å². The lowest BCUT2D eigenvalue weighted by Gasteiger charge is -2.05. The third kappa shape index (κ3) is 1.94. The van der Waals surface area contributed by atoms with Crippen molar-refractivity contribution in [3.05, 3.63) is 72.1 Å². The smallest absolute Gasteiger partial charge is 0.134 e. The standard InChI is InChI=1S/C18H14N2O/c21-11-14(17-9-12-5-1-3-7-15(12)19-17)18-10-13-6-2-4-8-16(13)20-18/h1-11,14,19-20H. The number of hydrogen-bond acceptors (Lipinski definition) is 1. The highest BCUT2D eigenvalue weighted by atomic mass is 16.1. The van der Waals surface area contributed by atoms with Crippen molar-refractivity contribution in [2.75, 3.05) is 0 Å². The summed E-state index contributed by atoms with van der Waals surface area (Å²) in [6.45, 7) is 0. The number of carbonyl (C=O) groups excluding carboxylic acids is 1. The fourth-order valence-electron chi connectivity index (χ4n) is 2.84. The van der Waals surface area contributed by atoms with Gasteiger partial charge in [0, 0.05) is 22.4 Å². The number of fused-ring (bicyclic) bond motifs is 2. The molecule has 0 spiro atoms. The van der Waals surface area contributed by atoms with Crippen molar-refractivity contribution in [3.8, 4) is 0 Å². The molecule has 4 rings (SSSR count). The third-order valence-electron chi connectivity index (χ3n) is 3.91. The van der Waals surface area contributed by atoms with E-state index in [9.17, 15) is 4.79 Å². The number of aromatic amines is 2. The number of carbonyl (C=O) groups is 1. The van der Waals surface area contributed by atoms with Gasteiger partial charge in [-0.3, -0.25) is 0 Å². The van der Waals surface area contributed by atoms with E-state index in [1.54, 1.807) is 0 Å². The second-order valence-corrected chi connectivity index (χ2v) is 5.24. The zero-order valence-corrected chi connectivity index (χ0v) is 11.3. The molecule has 0 bridgehead atoms. The minimum atomic E-state index is -0.301. The van der Waals surface area contributed by atoms with Crippen LogP contribution in [0, 0.1) is 0 Å². The van der Waals surface area contributed by atoms with Gasteiger partial charge in [-0.25, -0.2) is 0 Å².